The van der Waals surface area contributed by atoms with Gasteiger partial charge in [-0.15, -0.1) is 0 Å². The maximum atomic E-state index is 3.81. The van der Waals surface area contributed by atoms with E-state index in [0.29, 0.717) is 0 Å². The van der Waals surface area contributed by atoms with Crippen molar-refractivity contribution in [2.75, 3.05) is 0 Å². The normalized spacial score (nSPS) is 7.00. The average Bonchev–Trinajstić information content (AvgIpc) is 2.08. The van der Waals surface area contributed by atoms with Gasteiger partial charge >= 0.3 is 0 Å². The van der Waals surface area contributed by atoms with Crippen LogP contribution in [0, 0.1) is 0 Å². The van der Waals surface area contributed by atoms with Crippen molar-refractivity contribution in [2.24, 2.45) is 4.99 Å². The molecular formula is C10H21N. The summed E-state index contributed by atoms with van der Waals surface area (Å²) in [5, 5.41) is 0. The second kappa shape index (κ2) is 22.9. The van der Waals surface area contributed by atoms with Crippen molar-refractivity contribution >= 4 is 6.21 Å². The first-order valence-corrected chi connectivity index (χ1v) is 4.08. The van der Waals surface area contributed by atoms with Crippen molar-refractivity contribution < 1.29 is 0 Å². The molecule has 0 aliphatic rings. The molecule has 0 fully saturated rings. The van der Waals surface area contributed by atoms with Crippen LogP contribution in [0.15, 0.2) is 29.9 Å². The Labute approximate surface area is 71.6 Å². The molecule has 11 heavy (non-hydrogen) atoms. The van der Waals surface area contributed by atoms with Crippen molar-refractivity contribution in [3.8, 4) is 0 Å². The third-order valence-electron chi connectivity index (χ3n) is 0.400. The van der Waals surface area contributed by atoms with E-state index in [9.17, 15) is 0 Å². The van der Waals surface area contributed by atoms with Gasteiger partial charge in [-0.25, -0.2) is 0 Å². The van der Waals surface area contributed by atoms with Gasteiger partial charge in [0.1, 0.15) is 0 Å². The van der Waals surface area contributed by atoms with Gasteiger partial charge in [0.05, 0.1) is 0 Å². The molecule has 0 atom stereocenters. The summed E-state index contributed by atoms with van der Waals surface area (Å²) in [4.78, 5) is 3.81. The van der Waals surface area contributed by atoms with E-state index < -0.39 is 0 Å². The Bertz CT molecular complexity index is 101. The molecule has 0 aromatic carbocycles. The summed E-state index contributed by atoms with van der Waals surface area (Å²) in [5.74, 6) is 0. The molecule has 0 aromatic rings. The molecule has 66 valence electrons. The molecule has 0 aromatic heterocycles. The first kappa shape index (κ1) is 16.6. The molecule has 0 unspecified atom stereocenters. The molecule has 0 spiro atoms. The van der Waals surface area contributed by atoms with Gasteiger partial charge < -0.3 is 0 Å². The molecule has 0 aliphatic carbocycles. The van der Waals surface area contributed by atoms with Crippen LogP contribution in [0.1, 0.15) is 34.6 Å². The van der Waals surface area contributed by atoms with Crippen LogP contribution in [-0.2, 0) is 0 Å². The standard InChI is InChI=1S/C6H9N.2C2H6/c1-4-5-7-6(2)3;2*1-2/h4-5H,1-2H2,3H3;2*1-2H3. The molecule has 0 aliphatic heterocycles. The summed E-state index contributed by atoms with van der Waals surface area (Å²) in [6.45, 7) is 16.8. The summed E-state index contributed by atoms with van der Waals surface area (Å²) in [6, 6.07) is 0. The molecule has 0 bridgehead atoms. The molecular weight excluding hydrogens is 134 g/mol. The van der Waals surface area contributed by atoms with Gasteiger partial charge in [0, 0.05) is 11.9 Å². The van der Waals surface area contributed by atoms with E-state index in [-0.39, 0.29) is 0 Å². The van der Waals surface area contributed by atoms with E-state index in [2.05, 4.69) is 18.2 Å². The summed E-state index contributed by atoms with van der Waals surface area (Å²) in [6.07, 6.45) is 3.23. The molecule has 0 amide bonds. The van der Waals surface area contributed by atoms with E-state index in [4.69, 9.17) is 0 Å². The zero-order valence-corrected chi connectivity index (χ0v) is 8.52. The van der Waals surface area contributed by atoms with Crippen LogP contribution >= 0.6 is 0 Å². The summed E-state index contributed by atoms with van der Waals surface area (Å²) in [5.41, 5.74) is 0.805. The molecule has 0 heterocycles. The highest BCUT2D eigenvalue weighted by molar-refractivity contribution is 5.70. The minimum absolute atomic E-state index is 0.805. The van der Waals surface area contributed by atoms with Crippen LogP contribution in [0.3, 0.4) is 0 Å². The van der Waals surface area contributed by atoms with Gasteiger partial charge in [0.25, 0.3) is 0 Å². The Morgan fingerprint density at radius 2 is 1.55 bits per heavy atom. The Kier molecular flexibility index (Phi) is 34.6. The van der Waals surface area contributed by atoms with E-state index >= 15 is 0 Å². The smallest absolute Gasteiger partial charge is 0.0300 e. The lowest BCUT2D eigenvalue weighted by molar-refractivity contribution is 1.34. The zero-order chi connectivity index (χ0) is 9.70. The number of hydrogen-bond acceptors (Lipinski definition) is 1. The first-order valence-electron chi connectivity index (χ1n) is 4.08. The number of nitrogens with zero attached hydrogens (tertiary/aromatic N) is 1. The number of allylic oxidation sites excluding steroid dienone is 2. The maximum absolute atomic E-state index is 3.81. The molecule has 0 saturated carbocycles. The Hall–Kier alpha value is -0.850. The average molecular weight is 155 g/mol. The van der Waals surface area contributed by atoms with Crippen LogP contribution in [0.25, 0.3) is 0 Å². The highest BCUT2D eigenvalue weighted by atomic mass is 14.7. The predicted molar refractivity (Wildman–Crippen MR) is 56.2 cm³/mol. The number of aliphatic imine (C=N–C) groups is 1. The van der Waals surface area contributed by atoms with Crippen molar-refractivity contribution in [1.29, 1.82) is 0 Å². The second-order valence-corrected chi connectivity index (χ2v) is 1.25. The molecule has 1 heteroatoms. The van der Waals surface area contributed by atoms with E-state index in [1.807, 2.05) is 34.6 Å². The van der Waals surface area contributed by atoms with Crippen molar-refractivity contribution in [1.82, 2.24) is 0 Å². The van der Waals surface area contributed by atoms with Crippen LogP contribution in [0.4, 0.5) is 0 Å². The van der Waals surface area contributed by atoms with Gasteiger partial charge in [-0.2, -0.15) is 0 Å². The second-order valence-electron chi connectivity index (χ2n) is 1.25. The molecule has 1 nitrogen and oxygen atoms in total. The number of rotatable bonds is 2. The van der Waals surface area contributed by atoms with Crippen LogP contribution < -0.4 is 0 Å². The fourth-order valence-electron chi connectivity index (χ4n) is 0.180. The van der Waals surface area contributed by atoms with Crippen LogP contribution in [-0.4, -0.2) is 6.21 Å². The molecule has 0 rings (SSSR count). The molecule has 0 N–H and O–H groups in total. The molecule has 0 radical (unpaired) electrons. The summed E-state index contributed by atoms with van der Waals surface area (Å²) < 4.78 is 0. The van der Waals surface area contributed by atoms with Crippen molar-refractivity contribution in [3.05, 3.63) is 24.9 Å². The lowest BCUT2D eigenvalue weighted by Gasteiger charge is -1.78. The molecule has 0 saturated heterocycles. The van der Waals surface area contributed by atoms with Crippen molar-refractivity contribution in [2.45, 2.75) is 34.6 Å². The van der Waals surface area contributed by atoms with Crippen LogP contribution in [0.2, 0.25) is 0 Å². The fourth-order valence-corrected chi connectivity index (χ4v) is 0.180. The fraction of sp³-hybridized carbons (Fsp3) is 0.500. The van der Waals surface area contributed by atoms with E-state index in [1.54, 1.807) is 12.3 Å². The Morgan fingerprint density at radius 3 is 1.64 bits per heavy atom. The third kappa shape index (κ3) is 47.1. The SMILES string of the molecule is C=CC=NC(=C)C.CC.CC. The number of hydrogen-bond donors (Lipinski definition) is 0. The highest BCUT2D eigenvalue weighted by Crippen LogP contribution is 1.83. The highest BCUT2D eigenvalue weighted by Gasteiger charge is 1.65. The topological polar surface area (TPSA) is 12.4 Å². The Morgan fingerprint density at radius 1 is 1.18 bits per heavy atom. The van der Waals surface area contributed by atoms with Crippen LogP contribution in [0.5, 0.6) is 0 Å². The lowest BCUT2D eigenvalue weighted by Crippen LogP contribution is -1.62. The predicted octanol–water partition coefficient (Wildman–Crippen LogP) is 3.83. The largest absolute Gasteiger partial charge is 0.262 e. The van der Waals surface area contributed by atoms with Gasteiger partial charge in [-0.3, -0.25) is 4.99 Å². The zero-order valence-electron chi connectivity index (χ0n) is 8.52. The monoisotopic (exact) mass is 155 g/mol. The maximum Gasteiger partial charge on any atom is 0.0300 e. The van der Waals surface area contributed by atoms with E-state index in [0.717, 1.165) is 5.70 Å². The third-order valence-corrected chi connectivity index (χ3v) is 0.400. The summed E-state index contributed by atoms with van der Waals surface area (Å²) >= 11 is 0. The van der Waals surface area contributed by atoms with Crippen molar-refractivity contribution in [3.63, 3.8) is 0 Å². The van der Waals surface area contributed by atoms with E-state index in [1.165, 1.54) is 0 Å². The lowest BCUT2D eigenvalue weighted by atomic mass is 10.6. The quantitative estimate of drug-likeness (QED) is 0.537. The van der Waals surface area contributed by atoms with Gasteiger partial charge in [0.2, 0.25) is 0 Å². The first-order chi connectivity index (χ1) is 5.27. The minimum atomic E-state index is 0.805. The Balaban J connectivity index is -0.000000138. The van der Waals surface area contributed by atoms with Gasteiger partial charge in [0.15, 0.2) is 0 Å². The van der Waals surface area contributed by atoms with Gasteiger partial charge in [-0.1, -0.05) is 46.9 Å². The minimum Gasteiger partial charge on any atom is -0.262 e. The summed E-state index contributed by atoms with van der Waals surface area (Å²) in [7, 11) is 0. The van der Waals surface area contributed by atoms with Gasteiger partial charge in [-0.05, 0) is 6.92 Å².